The number of imidazole rings is 1. The maximum atomic E-state index is 13.8. The van der Waals surface area contributed by atoms with Gasteiger partial charge < -0.3 is 14.6 Å². The van der Waals surface area contributed by atoms with Gasteiger partial charge in [0.15, 0.2) is 10.4 Å². The number of aryl methyl sites for hydroxylation is 1. The fraction of sp³-hybridized carbons (Fsp3) is 0.304. The lowest BCUT2D eigenvalue weighted by atomic mass is 10.0. The number of nitrogens with zero attached hydrogens (tertiary/aromatic N) is 2. The maximum Gasteiger partial charge on any atom is 0.358 e. The Balaban J connectivity index is 2.22. The van der Waals surface area contributed by atoms with Crippen molar-refractivity contribution in [3.8, 4) is 0 Å². The van der Waals surface area contributed by atoms with E-state index >= 15 is 0 Å². The lowest BCUT2D eigenvalue weighted by Gasteiger charge is -2.25. The Morgan fingerprint density at radius 2 is 1.94 bits per heavy atom. The molecule has 0 fully saturated rings. The summed E-state index contributed by atoms with van der Waals surface area (Å²) in [5, 5.41) is 4.05. The number of carbonyl (C=O) groups excluding carboxylic acids is 1. The SMILES string of the molecule is CCOC(=O)c1nc(Br)n(C(C)C)c1C(Nc1ccc(F)c(C)c1)c1ccc(Cl)cc1. The summed E-state index contributed by atoms with van der Waals surface area (Å²) in [5.41, 5.74) is 2.95. The molecule has 1 atom stereocenters. The van der Waals surface area contributed by atoms with Gasteiger partial charge in [-0.3, -0.25) is 0 Å². The van der Waals surface area contributed by atoms with Gasteiger partial charge >= 0.3 is 5.97 Å². The van der Waals surface area contributed by atoms with Gasteiger partial charge in [-0.15, -0.1) is 0 Å². The van der Waals surface area contributed by atoms with Crippen LogP contribution in [0.4, 0.5) is 10.1 Å². The molecule has 3 rings (SSSR count). The van der Waals surface area contributed by atoms with Crippen LogP contribution < -0.4 is 5.32 Å². The highest BCUT2D eigenvalue weighted by atomic mass is 79.9. The third-order valence-corrected chi connectivity index (χ3v) is 5.65. The van der Waals surface area contributed by atoms with Crippen LogP contribution in [0.2, 0.25) is 5.02 Å². The fourth-order valence-corrected chi connectivity index (χ4v) is 4.30. The van der Waals surface area contributed by atoms with Crippen molar-refractivity contribution in [1.29, 1.82) is 0 Å². The molecule has 0 aliphatic heterocycles. The largest absolute Gasteiger partial charge is 0.461 e. The van der Waals surface area contributed by atoms with Gasteiger partial charge in [-0.2, -0.15) is 0 Å². The molecule has 1 aromatic heterocycles. The molecule has 0 amide bonds. The summed E-state index contributed by atoms with van der Waals surface area (Å²) in [5.74, 6) is -0.788. The molecule has 5 nitrogen and oxygen atoms in total. The monoisotopic (exact) mass is 507 g/mol. The van der Waals surface area contributed by atoms with Gasteiger partial charge in [-0.1, -0.05) is 23.7 Å². The molecular formula is C23H24BrClFN3O2. The average molecular weight is 509 g/mol. The number of esters is 1. The third-order valence-electron chi connectivity index (χ3n) is 4.84. The Hall–Kier alpha value is -2.38. The highest BCUT2D eigenvalue weighted by Crippen LogP contribution is 2.35. The number of benzene rings is 2. The van der Waals surface area contributed by atoms with E-state index in [-0.39, 0.29) is 24.2 Å². The van der Waals surface area contributed by atoms with E-state index in [9.17, 15) is 9.18 Å². The van der Waals surface area contributed by atoms with E-state index in [1.807, 2.05) is 30.5 Å². The molecule has 0 bridgehead atoms. The first-order chi connectivity index (χ1) is 14.7. The Bertz CT molecular complexity index is 1080. The topological polar surface area (TPSA) is 56.1 Å². The van der Waals surface area contributed by atoms with Crippen molar-refractivity contribution in [3.05, 3.63) is 80.6 Å². The molecule has 0 spiro atoms. The minimum atomic E-state index is -0.506. The molecule has 0 aliphatic rings. The van der Waals surface area contributed by atoms with Gasteiger partial charge in [0, 0.05) is 16.8 Å². The van der Waals surface area contributed by atoms with E-state index in [0.29, 0.717) is 26.7 Å². The van der Waals surface area contributed by atoms with E-state index in [2.05, 4.69) is 26.2 Å². The van der Waals surface area contributed by atoms with Gasteiger partial charge in [0.2, 0.25) is 0 Å². The van der Waals surface area contributed by atoms with Crippen molar-refractivity contribution in [1.82, 2.24) is 9.55 Å². The second-order valence-electron chi connectivity index (χ2n) is 7.39. The molecule has 3 aromatic rings. The third kappa shape index (κ3) is 5.10. The van der Waals surface area contributed by atoms with Crippen molar-refractivity contribution in [2.45, 2.75) is 39.8 Å². The van der Waals surface area contributed by atoms with Crippen molar-refractivity contribution in [2.75, 3.05) is 11.9 Å². The van der Waals surface area contributed by atoms with Crippen LogP contribution in [0.15, 0.2) is 47.2 Å². The summed E-state index contributed by atoms with van der Waals surface area (Å²) in [7, 11) is 0. The van der Waals surface area contributed by atoms with Crippen molar-refractivity contribution in [2.24, 2.45) is 0 Å². The van der Waals surface area contributed by atoms with Gasteiger partial charge in [0.1, 0.15) is 5.82 Å². The van der Waals surface area contributed by atoms with E-state index in [0.717, 1.165) is 5.56 Å². The number of anilines is 1. The minimum absolute atomic E-state index is 0.00612. The summed E-state index contributed by atoms with van der Waals surface area (Å²) in [6.45, 7) is 7.71. The number of hydrogen-bond acceptors (Lipinski definition) is 4. The lowest BCUT2D eigenvalue weighted by molar-refractivity contribution is 0.0518. The first-order valence-corrected chi connectivity index (χ1v) is 11.1. The molecule has 8 heteroatoms. The van der Waals surface area contributed by atoms with Crippen LogP contribution in [0.1, 0.15) is 60.2 Å². The molecule has 2 aromatic carbocycles. The zero-order valence-corrected chi connectivity index (χ0v) is 20.1. The molecule has 1 N–H and O–H groups in total. The summed E-state index contributed by atoms with van der Waals surface area (Å²) in [6, 6.07) is 11.7. The summed E-state index contributed by atoms with van der Waals surface area (Å²) in [6.07, 6.45) is 0. The van der Waals surface area contributed by atoms with Gasteiger partial charge in [-0.05, 0) is 85.1 Å². The second kappa shape index (κ2) is 9.83. The Morgan fingerprint density at radius 3 is 2.52 bits per heavy atom. The highest BCUT2D eigenvalue weighted by Gasteiger charge is 2.31. The van der Waals surface area contributed by atoms with Crippen molar-refractivity contribution >= 4 is 39.2 Å². The Kier molecular flexibility index (Phi) is 7.38. The molecule has 1 unspecified atom stereocenters. The molecule has 0 aliphatic carbocycles. The molecule has 31 heavy (non-hydrogen) atoms. The van der Waals surface area contributed by atoms with Crippen LogP contribution in [0, 0.1) is 12.7 Å². The highest BCUT2D eigenvalue weighted by molar-refractivity contribution is 9.10. The Labute approximate surface area is 194 Å². The van der Waals surface area contributed by atoms with Crippen LogP contribution >= 0.6 is 27.5 Å². The van der Waals surface area contributed by atoms with E-state index < -0.39 is 12.0 Å². The summed E-state index contributed by atoms with van der Waals surface area (Å²) in [4.78, 5) is 17.2. The molecule has 1 heterocycles. The van der Waals surface area contributed by atoms with E-state index in [4.69, 9.17) is 16.3 Å². The standard InChI is InChI=1S/C23H24BrClFN3O2/c1-5-31-22(30)20-21(29(13(2)3)23(24)28-20)19(15-6-8-16(25)9-7-15)27-17-10-11-18(26)14(4)12-17/h6-13,19,27H,5H2,1-4H3. The first-order valence-electron chi connectivity index (χ1n) is 9.95. The van der Waals surface area contributed by atoms with Gasteiger partial charge in [0.05, 0.1) is 18.3 Å². The quantitative estimate of drug-likeness (QED) is 0.361. The Morgan fingerprint density at radius 1 is 1.26 bits per heavy atom. The molecule has 0 saturated carbocycles. The first kappa shape index (κ1) is 23.3. The molecular weight excluding hydrogens is 485 g/mol. The van der Waals surface area contributed by atoms with Gasteiger partial charge in [-0.25, -0.2) is 14.2 Å². The van der Waals surface area contributed by atoms with Crippen LogP contribution in [0.25, 0.3) is 0 Å². The summed E-state index contributed by atoms with van der Waals surface area (Å²) < 4.78 is 21.6. The van der Waals surface area contributed by atoms with E-state index in [1.165, 1.54) is 6.07 Å². The van der Waals surface area contributed by atoms with Gasteiger partial charge in [0.25, 0.3) is 0 Å². The predicted molar refractivity (Wildman–Crippen MR) is 124 cm³/mol. The predicted octanol–water partition coefficient (Wildman–Crippen LogP) is 6.71. The zero-order valence-electron chi connectivity index (χ0n) is 17.7. The number of aromatic nitrogens is 2. The number of rotatable bonds is 7. The zero-order chi connectivity index (χ0) is 22.7. The van der Waals surface area contributed by atoms with Crippen LogP contribution in [-0.4, -0.2) is 22.1 Å². The molecule has 164 valence electrons. The smallest absolute Gasteiger partial charge is 0.358 e. The van der Waals surface area contributed by atoms with Crippen LogP contribution in [0.3, 0.4) is 0 Å². The van der Waals surface area contributed by atoms with Crippen LogP contribution in [-0.2, 0) is 4.74 Å². The number of halogens is 3. The van der Waals surface area contributed by atoms with E-state index in [1.54, 1.807) is 38.1 Å². The van der Waals surface area contributed by atoms with Crippen LogP contribution in [0.5, 0.6) is 0 Å². The number of carbonyl (C=O) groups is 1. The average Bonchev–Trinajstić information content (AvgIpc) is 3.07. The summed E-state index contributed by atoms with van der Waals surface area (Å²) >= 11 is 9.60. The lowest BCUT2D eigenvalue weighted by Crippen LogP contribution is -2.22. The van der Waals surface area contributed by atoms with Crippen molar-refractivity contribution < 1.29 is 13.9 Å². The number of ether oxygens (including phenoxy) is 1. The second-order valence-corrected chi connectivity index (χ2v) is 8.54. The number of hydrogen-bond donors (Lipinski definition) is 1. The maximum absolute atomic E-state index is 13.8. The molecule has 0 radical (unpaired) electrons. The molecule has 0 saturated heterocycles. The minimum Gasteiger partial charge on any atom is -0.461 e. The van der Waals surface area contributed by atoms with Crippen molar-refractivity contribution in [3.63, 3.8) is 0 Å². The normalized spacial score (nSPS) is 12.1. The fourth-order valence-electron chi connectivity index (χ4n) is 3.40. The number of nitrogens with one attached hydrogen (secondary N) is 1.